The predicted octanol–water partition coefficient (Wildman–Crippen LogP) is 3.12. The number of alkyl halides is 3. The Morgan fingerprint density at radius 3 is 2.38 bits per heavy atom. The molecule has 0 amide bonds. The molecule has 0 heterocycles. The van der Waals surface area contributed by atoms with Crippen molar-refractivity contribution in [1.29, 1.82) is 0 Å². The number of rotatable bonds is 3. The van der Waals surface area contributed by atoms with Gasteiger partial charge in [-0.15, -0.1) is 0 Å². The molecule has 0 saturated carbocycles. The molecule has 1 nitrogen and oxygen atoms in total. The fourth-order valence-corrected chi connectivity index (χ4v) is 1.35. The summed E-state index contributed by atoms with van der Waals surface area (Å²) in [6.07, 6.45) is -3.63. The van der Waals surface area contributed by atoms with Gasteiger partial charge in [-0.1, -0.05) is 0 Å². The molecular formula is C11H13F4N. The van der Waals surface area contributed by atoms with E-state index in [4.69, 9.17) is 5.73 Å². The van der Waals surface area contributed by atoms with E-state index in [1.807, 2.05) is 0 Å². The highest BCUT2D eigenvalue weighted by Crippen LogP contribution is 2.30. The van der Waals surface area contributed by atoms with Crippen molar-refractivity contribution in [3.8, 4) is 0 Å². The van der Waals surface area contributed by atoms with E-state index in [9.17, 15) is 17.6 Å². The lowest BCUT2D eigenvalue weighted by Crippen LogP contribution is -2.15. The zero-order valence-corrected chi connectivity index (χ0v) is 8.81. The lowest BCUT2D eigenvalue weighted by molar-refractivity contribution is -0.137. The SMILES string of the molecule is C[C@@H](N)CCc1cc(F)cc(C(F)(F)F)c1. The fourth-order valence-electron chi connectivity index (χ4n) is 1.35. The second-order valence-electron chi connectivity index (χ2n) is 3.86. The molecule has 5 heteroatoms. The first-order chi connectivity index (χ1) is 7.29. The molecule has 2 N–H and O–H groups in total. The van der Waals surface area contributed by atoms with Gasteiger partial charge in [0, 0.05) is 6.04 Å². The maximum atomic E-state index is 13.0. The number of hydrogen-bond acceptors (Lipinski definition) is 1. The van der Waals surface area contributed by atoms with Crippen LogP contribution in [-0.2, 0) is 12.6 Å². The standard InChI is InChI=1S/C11H13F4N/c1-7(16)2-3-8-4-9(11(13,14)15)6-10(12)5-8/h4-7H,2-3,16H2,1H3/t7-/m1/s1. The lowest BCUT2D eigenvalue weighted by Gasteiger charge is -2.10. The summed E-state index contributed by atoms with van der Waals surface area (Å²) in [5.74, 6) is -0.866. The topological polar surface area (TPSA) is 26.0 Å². The summed E-state index contributed by atoms with van der Waals surface area (Å²) in [6.45, 7) is 1.75. The molecule has 90 valence electrons. The molecule has 0 aliphatic rings. The van der Waals surface area contributed by atoms with E-state index in [2.05, 4.69) is 0 Å². The van der Waals surface area contributed by atoms with Crippen molar-refractivity contribution < 1.29 is 17.6 Å². The summed E-state index contributed by atoms with van der Waals surface area (Å²) in [4.78, 5) is 0. The van der Waals surface area contributed by atoms with E-state index < -0.39 is 17.6 Å². The van der Waals surface area contributed by atoms with Crippen LogP contribution in [0, 0.1) is 5.82 Å². The molecule has 0 saturated heterocycles. The largest absolute Gasteiger partial charge is 0.416 e. The second-order valence-corrected chi connectivity index (χ2v) is 3.86. The molecular weight excluding hydrogens is 222 g/mol. The van der Waals surface area contributed by atoms with E-state index in [1.165, 1.54) is 0 Å². The van der Waals surface area contributed by atoms with E-state index in [1.54, 1.807) is 6.92 Å². The molecule has 1 aromatic rings. The van der Waals surface area contributed by atoms with Crippen molar-refractivity contribution >= 4 is 0 Å². The summed E-state index contributed by atoms with van der Waals surface area (Å²) in [7, 11) is 0. The van der Waals surface area contributed by atoms with Crippen molar-refractivity contribution in [3.05, 3.63) is 35.1 Å². The Labute approximate surface area is 91.3 Å². The first-order valence-electron chi connectivity index (χ1n) is 4.91. The van der Waals surface area contributed by atoms with Crippen LogP contribution in [0.4, 0.5) is 17.6 Å². The third-order valence-corrected chi connectivity index (χ3v) is 2.17. The van der Waals surface area contributed by atoms with Crippen LogP contribution in [-0.4, -0.2) is 6.04 Å². The number of nitrogens with two attached hydrogens (primary N) is 1. The highest BCUT2D eigenvalue weighted by molar-refractivity contribution is 5.27. The number of hydrogen-bond donors (Lipinski definition) is 1. The van der Waals surface area contributed by atoms with Crippen molar-refractivity contribution in [2.75, 3.05) is 0 Å². The molecule has 1 rings (SSSR count). The van der Waals surface area contributed by atoms with E-state index in [0.717, 1.165) is 12.1 Å². The van der Waals surface area contributed by atoms with Crippen LogP contribution in [0.5, 0.6) is 0 Å². The van der Waals surface area contributed by atoms with Gasteiger partial charge in [0.05, 0.1) is 5.56 Å². The Morgan fingerprint density at radius 1 is 1.25 bits per heavy atom. The highest BCUT2D eigenvalue weighted by Gasteiger charge is 2.31. The molecule has 1 aromatic carbocycles. The molecule has 0 unspecified atom stereocenters. The van der Waals surface area contributed by atoms with Crippen molar-refractivity contribution in [3.63, 3.8) is 0 Å². The van der Waals surface area contributed by atoms with Crippen LogP contribution in [0.2, 0.25) is 0 Å². The third kappa shape index (κ3) is 3.81. The van der Waals surface area contributed by atoms with Gasteiger partial charge in [0.1, 0.15) is 5.82 Å². The van der Waals surface area contributed by atoms with Gasteiger partial charge in [-0.3, -0.25) is 0 Å². The molecule has 0 radical (unpaired) electrons. The normalized spacial score (nSPS) is 13.9. The molecule has 0 aromatic heterocycles. The van der Waals surface area contributed by atoms with Crippen molar-refractivity contribution in [1.82, 2.24) is 0 Å². The smallest absolute Gasteiger partial charge is 0.328 e. The Morgan fingerprint density at radius 2 is 1.88 bits per heavy atom. The molecule has 0 aliphatic carbocycles. The van der Waals surface area contributed by atoms with Crippen molar-refractivity contribution in [2.24, 2.45) is 5.73 Å². The molecule has 16 heavy (non-hydrogen) atoms. The van der Waals surface area contributed by atoms with Gasteiger partial charge in [-0.05, 0) is 43.5 Å². The van der Waals surface area contributed by atoms with Gasteiger partial charge in [-0.25, -0.2) is 4.39 Å². The maximum absolute atomic E-state index is 13.0. The van der Waals surface area contributed by atoms with Crippen LogP contribution >= 0.6 is 0 Å². The molecule has 0 aliphatic heterocycles. The Bertz CT molecular complexity index is 357. The first-order valence-corrected chi connectivity index (χ1v) is 4.91. The average Bonchev–Trinajstić information content (AvgIpc) is 2.12. The molecule has 0 spiro atoms. The monoisotopic (exact) mass is 235 g/mol. The minimum absolute atomic E-state index is 0.113. The predicted molar refractivity (Wildman–Crippen MR) is 53.4 cm³/mol. The van der Waals surface area contributed by atoms with Crippen molar-refractivity contribution in [2.45, 2.75) is 32.0 Å². The van der Waals surface area contributed by atoms with Crippen LogP contribution in [0.15, 0.2) is 18.2 Å². The van der Waals surface area contributed by atoms with E-state index in [0.29, 0.717) is 24.5 Å². The summed E-state index contributed by atoms with van der Waals surface area (Å²) in [5, 5.41) is 0. The summed E-state index contributed by atoms with van der Waals surface area (Å²) >= 11 is 0. The van der Waals surface area contributed by atoms with E-state index >= 15 is 0 Å². The van der Waals surface area contributed by atoms with Crippen LogP contribution in [0.1, 0.15) is 24.5 Å². The zero-order valence-electron chi connectivity index (χ0n) is 8.81. The molecule has 0 bridgehead atoms. The second kappa shape index (κ2) is 4.82. The van der Waals surface area contributed by atoms with Crippen LogP contribution < -0.4 is 5.73 Å². The minimum Gasteiger partial charge on any atom is -0.328 e. The highest BCUT2D eigenvalue weighted by atomic mass is 19.4. The fraction of sp³-hybridized carbons (Fsp3) is 0.455. The first kappa shape index (κ1) is 13.0. The maximum Gasteiger partial charge on any atom is 0.416 e. The van der Waals surface area contributed by atoms with Gasteiger partial charge in [0.15, 0.2) is 0 Å². The summed E-state index contributed by atoms with van der Waals surface area (Å²) in [6, 6.07) is 2.45. The number of benzene rings is 1. The summed E-state index contributed by atoms with van der Waals surface area (Å²) in [5.41, 5.74) is 4.86. The Hall–Kier alpha value is -1.10. The van der Waals surface area contributed by atoms with Gasteiger partial charge in [0.2, 0.25) is 0 Å². The quantitative estimate of drug-likeness (QED) is 0.800. The van der Waals surface area contributed by atoms with Gasteiger partial charge in [0.25, 0.3) is 0 Å². The summed E-state index contributed by atoms with van der Waals surface area (Å²) < 4.78 is 50.0. The zero-order chi connectivity index (χ0) is 12.3. The van der Waals surface area contributed by atoms with Gasteiger partial charge < -0.3 is 5.73 Å². The molecule has 0 fully saturated rings. The lowest BCUT2D eigenvalue weighted by atomic mass is 10.0. The van der Waals surface area contributed by atoms with Crippen LogP contribution in [0.3, 0.4) is 0 Å². The van der Waals surface area contributed by atoms with Crippen LogP contribution in [0.25, 0.3) is 0 Å². The van der Waals surface area contributed by atoms with Gasteiger partial charge >= 0.3 is 6.18 Å². The number of aryl methyl sites for hydroxylation is 1. The van der Waals surface area contributed by atoms with E-state index in [-0.39, 0.29) is 6.04 Å². The molecule has 1 atom stereocenters. The minimum atomic E-state index is -4.51. The Kier molecular flexibility index (Phi) is 3.91. The van der Waals surface area contributed by atoms with Gasteiger partial charge in [-0.2, -0.15) is 13.2 Å². The third-order valence-electron chi connectivity index (χ3n) is 2.17. The number of halogens is 4. The Balaban J connectivity index is 2.90. The average molecular weight is 235 g/mol.